The lowest BCUT2D eigenvalue weighted by Crippen LogP contribution is -2.30. The van der Waals surface area contributed by atoms with Crippen molar-refractivity contribution in [1.82, 2.24) is 19.9 Å². The molecule has 0 aliphatic rings. The summed E-state index contributed by atoms with van der Waals surface area (Å²) in [6.45, 7) is 1.94. The average Bonchev–Trinajstić information content (AvgIpc) is 3.24. The molecule has 0 spiro atoms. The SMILES string of the molecule is CC(c1ccncn1)N(C)C(=O)c1csc(-c2cccs2)n1. The second-order valence-electron chi connectivity index (χ2n) is 4.74. The zero-order valence-corrected chi connectivity index (χ0v) is 13.8. The summed E-state index contributed by atoms with van der Waals surface area (Å²) < 4.78 is 0. The minimum atomic E-state index is -0.137. The van der Waals surface area contributed by atoms with Gasteiger partial charge in [-0.2, -0.15) is 0 Å². The molecule has 0 radical (unpaired) electrons. The molecule has 1 atom stereocenters. The standard InChI is InChI=1S/C15H14N4OS2/c1-10(11-5-6-16-9-17-11)19(2)15(20)12-8-22-14(18-12)13-4-3-7-21-13/h3-10H,1-2H3. The molecule has 0 aliphatic heterocycles. The number of thiophene rings is 1. The predicted molar refractivity (Wildman–Crippen MR) is 88.0 cm³/mol. The van der Waals surface area contributed by atoms with Gasteiger partial charge in [0.25, 0.3) is 5.91 Å². The number of carbonyl (C=O) groups excluding carboxylic acids is 1. The molecule has 1 unspecified atom stereocenters. The van der Waals surface area contributed by atoms with E-state index in [2.05, 4.69) is 15.0 Å². The van der Waals surface area contributed by atoms with Crippen LogP contribution in [0.1, 0.15) is 29.1 Å². The Labute approximate surface area is 136 Å². The fourth-order valence-electron chi connectivity index (χ4n) is 1.99. The second-order valence-corrected chi connectivity index (χ2v) is 6.55. The fraction of sp³-hybridized carbons (Fsp3) is 0.200. The molecule has 0 saturated carbocycles. The number of hydrogen-bond donors (Lipinski definition) is 0. The van der Waals surface area contributed by atoms with Crippen LogP contribution in [0.5, 0.6) is 0 Å². The van der Waals surface area contributed by atoms with E-state index < -0.39 is 0 Å². The van der Waals surface area contributed by atoms with Crippen LogP contribution in [0.4, 0.5) is 0 Å². The quantitative estimate of drug-likeness (QED) is 0.734. The number of hydrogen-bond acceptors (Lipinski definition) is 6. The summed E-state index contributed by atoms with van der Waals surface area (Å²) in [5, 5.41) is 4.68. The number of carbonyl (C=O) groups is 1. The number of rotatable bonds is 4. The van der Waals surface area contributed by atoms with Gasteiger partial charge < -0.3 is 4.90 Å². The largest absolute Gasteiger partial charge is 0.332 e. The first-order valence-electron chi connectivity index (χ1n) is 6.69. The van der Waals surface area contributed by atoms with Crippen LogP contribution in [-0.2, 0) is 0 Å². The highest BCUT2D eigenvalue weighted by atomic mass is 32.1. The van der Waals surface area contributed by atoms with E-state index in [-0.39, 0.29) is 11.9 Å². The van der Waals surface area contributed by atoms with Gasteiger partial charge in [-0.25, -0.2) is 15.0 Å². The van der Waals surface area contributed by atoms with Crippen molar-refractivity contribution in [1.29, 1.82) is 0 Å². The Morgan fingerprint density at radius 2 is 2.18 bits per heavy atom. The molecule has 5 nitrogen and oxygen atoms in total. The van der Waals surface area contributed by atoms with Crippen LogP contribution >= 0.6 is 22.7 Å². The van der Waals surface area contributed by atoms with Gasteiger partial charge in [-0.3, -0.25) is 4.79 Å². The van der Waals surface area contributed by atoms with Crippen LogP contribution in [-0.4, -0.2) is 32.8 Å². The number of amides is 1. The molecule has 7 heteroatoms. The van der Waals surface area contributed by atoms with Gasteiger partial charge in [0.2, 0.25) is 0 Å². The number of nitrogens with zero attached hydrogens (tertiary/aromatic N) is 4. The van der Waals surface area contributed by atoms with Crippen LogP contribution < -0.4 is 0 Å². The third-order valence-corrected chi connectivity index (χ3v) is 5.27. The van der Waals surface area contributed by atoms with Gasteiger partial charge in [0.1, 0.15) is 17.0 Å². The molecule has 0 saturated heterocycles. The minimum absolute atomic E-state index is 0.106. The van der Waals surface area contributed by atoms with Crippen LogP contribution in [0.25, 0.3) is 9.88 Å². The van der Waals surface area contributed by atoms with Crippen molar-refractivity contribution in [3.05, 3.63) is 52.9 Å². The maximum Gasteiger partial charge on any atom is 0.273 e. The van der Waals surface area contributed by atoms with Crippen molar-refractivity contribution in [2.24, 2.45) is 0 Å². The summed E-state index contributed by atoms with van der Waals surface area (Å²) in [6.07, 6.45) is 3.16. The van der Waals surface area contributed by atoms with Crippen molar-refractivity contribution < 1.29 is 4.79 Å². The van der Waals surface area contributed by atoms with E-state index in [4.69, 9.17) is 0 Å². The summed E-state index contributed by atoms with van der Waals surface area (Å²) in [5.41, 5.74) is 1.27. The fourth-order valence-corrected chi connectivity index (χ4v) is 3.60. The molecule has 0 bridgehead atoms. The van der Waals surface area contributed by atoms with Crippen molar-refractivity contribution in [3.63, 3.8) is 0 Å². The lowest BCUT2D eigenvalue weighted by Gasteiger charge is -2.23. The molecule has 0 aliphatic carbocycles. The maximum atomic E-state index is 12.6. The normalized spacial score (nSPS) is 12.1. The highest BCUT2D eigenvalue weighted by Gasteiger charge is 2.22. The van der Waals surface area contributed by atoms with Crippen LogP contribution in [0.3, 0.4) is 0 Å². The molecule has 0 aromatic carbocycles. The van der Waals surface area contributed by atoms with E-state index in [9.17, 15) is 4.79 Å². The lowest BCUT2D eigenvalue weighted by atomic mass is 10.2. The molecule has 112 valence electrons. The molecule has 3 aromatic rings. The number of thiazole rings is 1. The monoisotopic (exact) mass is 330 g/mol. The van der Waals surface area contributed by atoms with E-state index in [1.54, 1.807) is 34.9 Å². The molecule has 0 N–H and O–H groups in total. The second kappa shape index (κ2) is 6.33. The summed E-state index contributed by atoms with van der Waals surface area (Å²) in [6, 6.07) is 5.66. The van der Waals surface area contributed by atoms with Crippen LogP contribution in [0.2, 0.25) is 0 Å². The smallest absolute Gasteiger partial charge is 0.273 e. The van der Waals surface area contributed by atoms with E-state index >= 15 is 0 Å². The predicted octanol–water partition coefficient (Wildman–Crippen LogP) is 3.49. The summed E-state index contributed by atoms with van der Waals surface area (Å²) in [7, 11) is 1.76. The Kier molecular flexibility index (Phi) is 4.26. The zero-order valence-electron chi connectivity index (χ0n) is 12.1. The third-order valence-electron chi connectivity index (χ3n) is 3.39. The molecular weight excluding hydrogens is 316 g/mol. The average molecular weight is 330 g/mol. The highest BCUT2D eigenvalue weighted by molar-refractivity contribution is 7.20. The van der Waals surface area contributed by atoms with Gasteiger partial charge in [0.15, 0.2) is 0 Å². The van der Waals surface area contributed by atoms with Crippen LogP contribution in [0.15, 0.2) is 41.5 Å². The van der Waals surface area contributed by atoms with Gasteiger partial charge in [-0.15, -0.1) is 22.7 Å². The Morgan fingerprint density at radius 1 is 1.32 bits per heavy atom. The first-order valence-corrected chi connectivity index (χ1v) is 8.45. The molecular formula is C15H14N4OS2. The third kappa shape index (κ3) is 2.90. The topological polar surface area (TPSA) is 59.0 Å². The first kappa shape index (κ1) is 14.8. The lowest BCUT2D eigenvalue weighted by molar-refractivity contribution is 0.0734. The van der Waals surface area contributed by atoms with Gasteiger partial charge in [0.05, 0.1) is 16.6 Å². The van der Waals surface area contributed by atoms with E-state index in [1.807, 2.05) is 30.5 Å². The van der Waals surface area contributed by atoms with Gasteiger partial charge in [-0.05, 0) is 24.4 Å². The van der Waals surface area contributed by atoms with Crippen molar-refractivity contribution in [3.8, 4) is 9.88 Å². The van der Waals surface area contributed by atoms with Gasteiger partial charge >= 0.3 is 0 Å². The van der Waals surface area contributed by atoms with Crippen molar-refractivity contribution in [2.45, 2.75) is 13.0 Å². The summed E-state index contributed by atoms with van der Waals surface area (Å²) in [4.78, 5) is 27.9. The molecule has 3 heterocycles. The van der Waals surface area contributed by atoms with E-state index in [0.29, 0.717) is 5.69 Å². The Bertz CT molecular complexity index is 755. The molecule has 1 amide bonds. The molecule has 22 heavy (non-hydrogen) atoms. The summed E-state index contributed by atoms with van der Waals surface area (Å²) >= 11 is 3.11. The first-order chi connectivity index (χ1) is 10.7. The Balaban J connectivity index is 1.79. The Morgan fingerprint density at radius 3 is 2.86 bits per heavy atom. The van der Waals surface area contributed by atoms with E-state index in [1.165, 1.54) is 17.7 Å². The minimum Gasteiger partial charge on any atom is -0.332 e. The van der Waals surface area contributed by atoms with E-state index in [0.717, 1.165) is 15.6 Å². The van der Waals surface area contributed by atoms with Crippen molar-refractivity contribution >= 4 is 28.6 Å². The molecule has 0 fully saturated rings. The Hall–Kier alpha value is -2.12. The highest BCUT2D eigenvalue weighted by Crippen LogP contribution is 2.28. The summed E-state index contributed by atoms with van der Waals surface area (Å²) in [5.74, 6) is -0.106. The zero-order chi connectivity index (χ0) is 15.5. The number of aromatic nitrogens is 3. The molecule has 3 rings (SSSR count). The molecule has 3 aromatic heterocycles. The van der Waals surface area contributed by atoms with Gasteiger partial charge in [0, 0.05) is 18.6 Å². The maximum absolute atomic E-state index is 12.6. The van der Waals surface area contributed by atoms with Gasteiger partial charge in [-0.1, -0.05) is 6.07 Å². The van der Waals surface area contributed by atoms with Crippen LogP contribution in [0, 0.1) is 0 Å². The van der Waals surface area contributed by atoms with Crippen molar-refractivity contribution in [2.75, 3.05) is 7.05 Å².